The number of nitrogens with zero attached hydrogens (tertiary/aromatic N) is 3. The van der Waals surface area contributed by atoms with Crippen LogP contribution in [-0.2, 0) is 25.1 Å². The Bertz CT molecular complexity index is 1050. The standard InChI is InChI=1S/C28H52N5O6P/c1-3-4-5-6-7-8-9-10-11-12-13-14-15-16-18-37-19-17-20-39-40(35,36)23-38-24(2)21-33-22-30-25-26(33)31-28(29)32-27(25)34/h22,24H,3-21,23H2,1-2H3,(H,35,36)(H3,29,31,32,34). The summed E-state index contributed by atoms with van der Waals surface area (Å²) in [5, 5.41) is 0. The Labute approximate surface area is 239 Å². The molecule has 2 aromatic rings. The lowest BCUT2D eigenvalue weighted by Crippen LogP contribution is -2.19. The molecule has 0 aliphatic carbocycles. The van der Waals surface area contributed by atoms with Gasteiger partial charge in [0, 0.05) is 13.2 Å². The lowest BCUT2D eigenvalue weighted by atomic mass is 10.0. The van der Waals surface area contributed by atoms with Gasteiger partial charge in [-0.15, -0.1) is 0 Å². The third-order valence-corrected chi connectivity index (χ3v) is 7.90. The van der Waals surface area contributed by atoms with E-state index in [-0.39, 0.29) is 24.6 Å². The van der Waals surface area contributed by atoms with E-state index in [2.05, 4.69) is 21.9 Å². The van der Waals surface area contributed by atoms with E-state index in [1.807, 2.05) is 0 Å². The Morgan fingerprint density at radius 2 is 1.52 bits per heavy atom. The second-order valence-electron chi connectivity index (χ2n) is 10.7. The molecular formula is C28H52N5O6P. The molecule has 0 saturated carbocycles. The molecule has 2 atom stereocenters. The van der Waals surface area contributed by atoms with Crippen LogP contribution in [0.1, 0.15) is 110 Å². The normalized spacial score (nSPS) is 14.1. The minimum absolute atomic E-state index is 0.00959. The van der Waals surface area contributed by atoms with Crippen molar-refractivity contribution in [1.82, 2.24) is 19.5 Å². The molecule has 0 aromatic carbocycles. The Balaban J connectivity index is 1.41. The quantitative estimate of drug-likeness (QED) is 0.0918. The van der Waals surface area contributed by atoms with Crippen LogP contribution in [-0.4, -0.2) is 56.7 Å². The van der Waals surface area contributed by atoms with Crippen molar-refractivity contribution in [3.63, 3.8) is 0 Å². The number of hydrogen-bond donors (Lipinski definition) is 3. The minimum atomic E-state index is -3.89. The molecule has 0 fully saturated rings. The topological polar surface area (TPSA) is 155 Å². The third-order valence-electron chi connectivity index (χ3n) is 6.84. The molecule has 2 heterocycles. The number of imidazole rings is 1. The van der Waals surface area contributed by atoms with Crippen molar-refractivity contribution < 1.29 is 23.5 Å². The van der Waals surface area contributed by atoms with Gasteiger partial charge in [0.2, 0.25) is 5.95 Å². The van der Waals surface area contributed by atoms with Crippen LogP contribution in [0.3, 0.4) is 0 Å². The van der Waals surface area contributed by atoms with Crippen LogP contribution >= 0.6 is 7.60 Å². The summed E-state index contributed by atoms with van der Waals surface area (Å²) in [6.07, 6.45) is 19.7. The van der Waals surface area contributed by atoms with Crippen molar-refractivity contribution >= 4 is 24.7 Å². The molecule has 2 rings (SSSR count). The highest BCUT2D eigenvalue weighted by atomic mass is 31.2. The summed E-state index contributed by atoms with van der Waals surface area (Å²) >= 11 is 0. The fraction of sp³-hybridized carbons (Fsp3) is 0.821. The zero-order valence-corrected chi connectivity index (χ0v) is 25.5. The highest BCUT2D eigenvalue weighted by molar-refractivity contribution is 7.52. The van der Waals surface area contributed by atoms with Gasteiger partial charge in [0.15, 0.2) is 11.2 Å². The summed E-state index contributed by atoms with van der Waals surface area (Å²) in [5.74, 6) is -0.00959. The van der Waals surface area contributed by atoms with Gasteiger partial charge < -0.3 is 29.2 Å². The Morgan fingerprint density at radius 1 is 0.950 bits per heavy atom. The molecule has 2 aromatic heterocycles. The molecule has 0 radical (unpaired) electrons. The van der Waals surface area contributed by atoms with Crippen molar-refractivity contribution in [3.05, 3.63) is 16.7 Å². The van der Waals surface area contributed by atoms with Crippen molar-refractivity contribution in [2.75, 3.05) is 31.9 Å². The number of nitrogens with two attached hydrogens (primary N) is 1. The summed E-state index contributed by atoms with van der Waals surface area (Å²) in [4.78, 5) is 32.5. The monoisotopic (exact) mass is 585 g/mol. The van der Waals surface area contributed by atoms with E-state index in [1.165, 1.54) is 89.8 Å². The predicted molar refractivity (Wildman–Crippen MR) is 160 cm³/mol. The molecule has 12 heteroatoms. The summed E-state index contributed by atoms with van der Waals surface area (Å²) in [6.45, 7) is 5.62. The fourth-order valence-electron chi connectivity index (χ4n) is 4.56. The van der Waals surface area contributed by atoms with Crippen molar-refractivity contribution in [3.8, 4) is 0 Å². The molecule has 11 nitrogen and oxygen atoms in total. The third kappa shape index (κ3) is 14.7. The van der Waals surface area contributed by atoms with Crippen LogP contribution in [0, 0.1) is 0 Å². The van der Waals surface area contributed by atoms with Crippen LogP contribution < -0.4 is 11.3 Å². The summed E-state index contributed by atoms with van der Waals surface area (Å²) in [6, 6.07) is 0. The van der Waals surface area contributed by atoms with Crippen LogP contribution in [0.4, 0.5) is 5.95 Å². The number of ether oxygens (including phenoxy) is 2. The number of fused-ring (bicyclic) bond motifs is 1. The molecular weight excluding hydrogens is 533 g/mol. The molecule has 0 aliphatic heterocycles. The van der Waals surface area contributed by atoms with E-state index in [9.17, 15) is 14.3 Å². The molecule has 4 N–H and O–H groups in total. The summed E-state index contributed by atoms with van der Waals surface area (Å²) in [7, 11) is -3.89. The van der Waals surface area contributed by atoms with Gasteiger partial charge in [0.25, 0.3) is 5.56 Å². The van der Waals surface area contributed by atoms with Gasteiger partial charge in [-0.1, -0.05) is 90.4 Å². The lowest BCUT2D eigenvalue weighted by Gasteiger charge is -2.17. The first-order valence-corrected chi connectivity index (χ1v) is 16.9. The molecule has 0 amide bonds. The van der Waals surface area contributed by atoms with Crippen molar-refractivity contribution in [2.24, 2.45) is 0 Å². The number of aromatic amines is 1. The SMILES string of the molecule is CCCCCCCCCCCCCCCCOCCCOP(=O)(O)COC(C)Cn1cnc2c(=O)[nH]c(N)nc21. The zero-order chi connectivity index (χ0) is 29.1. The molecule has 0 bridgehead atoms. The summed E-state index contributed by atoms with van der Waals surface area (Å²) < 4.78 is 30.2. The van der Waals surface area contributed by atoms with Crippen LogP contribution in [0.5, 0.6) is 0 Å². The van der Waals surface area contributed by atoms with E-state index in [0.717, 1.165) is 6.42 Å². The highest BCUT2D eigenvalue weighted by Gasteiger charge is 2.21. The van der Waals surface area contributed by atoms with Gasteiger partial charge in [-0.05, 0) is 19.8 Å². The van der Waals surface area contributed by atoms with E-state index in [0.29, 0.717) is 25.3 Å². The number of aromatic nitrogens is 4. The van der Waals surface area contributed by atoms with Crippen molar-refractivity contribution in [2.45, 2.75) is 123 Å². The first-order chi connectivity index (χ1) is 19.3. The number of nitrogen functional groups attached to an aromatic ring is 1. The van der Waals surface area contributed by atoms with Gasteiger partial charge in [-0.25, -0.2) is 4.98 Å². The average Bonchev–Trinajstić information content (AvgIpc) is 3.31. The molecule has 40 heavy (non-hydrogen) atoms. The van der Waals surface area contributed by atoms with Gasteiger partial charge in [0.05, 0.1) is 25.6 Å². The number of rotatable bonds is 25. The minimum Gasteiger partial charge on any atom is -0.381 e. The average molecular weight is 586 g/mol. The van der Waals surface area contributed by atoms with Crippen LogP contribution in [0.15, 0.2) is 11.1 Å². The van der Waals surface area contributed by atoms with E-state index in [1.54, 1.807) is 11.5 Å². The molecule has 0 spiro atoms. The van der Waals surface area contributed by atoms with E-state index >= 15 is 0 Å². The molecule has 0 saturated heterocycles. The number of H-pyrrole nitrogens is 1. The maximum Gasteiger partial charge on any atom is 0.353 e. The fourth-order valence-corrected chi connectivity index (χ4v) is 5.49. The van der Waals surface area contributed by atoms with Crippen molar-refractivity contribution in [1.29, 1.82) is 0 Å². The lowest BCUT2D eigenvalue weighted by molar-refractivity contribution is 0.0688. The first-order valence-electron chi connectivity index (χ1n) is 15.2. The van der Waals surface area contributed by atoms with E-state index in [4.69, 9.17) is 19.7 Å². The number of nitrogens with one attached hydrogen (secondary N) is 1. The first kappa shape index (κ1) is 34.4. The van der Waals surface area contributed by atoms with Crippen LogP contribution in [0.25, 0.3) is 11.2 Å². The molecule has 0 aliphatic rings. The highest BCUT2D eigenvalue weighted by Crippen LogP contribution is 2.42. The second kappa shape index (κ2) is 20.2. The number of anilines is 1. The Kier molecular flexibility index (Phi) is 17.3. The predicted octanol–water partition coefficient (Wildman–Crippen LogP) is 6.15. The van der Waals surface area contributed by atoms with Gasteiger partial charge in [-0.3, -0.25) is 14.3 Å². The maximum atomic E-state index is 12.3. The molecule has 230 valence electrons. The largest absolute Gasteiger partial charge is 0.381 e. The van der Waals surface area contributed by atoms with Gasteiger partial charge in [-0.2, -0.15) is 4.98 Å². The van der Waals surface area contributed by atoms with Gasteiger partial charge >= 0.3 is 7.60 Å². The Hall–Kier alpha value is -1.78. The molecule has 2 unspecified atom stereocenters. The zero-order valence-electron chi connectivity index (χ0n) is 24.7. The Morgan fingerprint density at radius 3 is 2.15 bits per heavy atom. The smallest absolute Gasteiger partial charge is 0.353 e. The summed E-state index contributed by atoms with van der Waals surface area (Å²) in [5.41, 5.74) is 5.68. The van der Waals surface area contributed by atoms with E-state index < -0.39 is 25.6 Å². The number of hydrogen-bond acceptors (Lipinski definition) is 8. The maximum absolute atomic E-state index is 12.3. The van der Waals surface area contributed by atoms with Crippen LogP contribution in [0.2, 0.25) is 0 Å². The van der Waals surface area contributed by atoms with Gasteiger partial charge in [0.1, 0.15) is 6.35 Å². The number of unbranched alkanes of at least 4 members (excludes halogenated alkanes) is 13. The second-order valence-corrected chi connectivity index (χ2v) is 12.5.